The van der Waals surface area contributed by atoms with Crippen molar-refractivity contribution in [2.75, 3.05) is 19.6 Å². The first-order chi connectivity index (χ1) is 6.15. The summed E-state index contributed by atoms with van der Waals surface area (Å²) in [5.74, 6) is 2.79. The fourth-order valence-electron chi connectivity index (χ4n) is 2.54. The Hall–Kier alpha value is -0.0800. The van der Waals surface area contributed by atoms with Crippen molar-refractivity contribution in [3.8, 4) is 0 Å². The number of likely N-dealkylation sites (tertiary alicyclic amines) is 1. The lowest BCUT2D eigenvalue weighted by Crippen LogP contribution is -2.53. The molecule has 1 aliphatic carbocycles. The molecule has 0 aromatic carbocycles. The molecule has 1 saturated carbocycles. The molecule has 1 saturated heterocycles. The molecular weight excluding hydrogens is 162 g/mol. The zero-order valence-electron chi connectivity index (χ0n) is 8.74. The summed E-state index contributed by atoms with van der Waals surface area (Å²) >= 11 is 0. The highest BCUT2D eigenvalue weighted by atomic mass is 16.3. The molecule has 13 heavy (non-hydrogen) atoms. The summed E-state index contributed by atoms with van der Waals surface area (Å²) in [5, 5.41) is 9.12. The summed E-state index contributed by atoms with van der Waals surface area (Å²) in [6.07, 6.45) is 2.81. The summed E-state index contributed by atoms with van der Waals surface area (Å²) in [6, 6.07) is 0. The minimum absolute atomic E-state index is 0.0269. The van der Waals surface area contributed by atoms with E-state index in [4.69, 9.17) is 5.11 Å². The van der Waals surface area contributed by atoms with Crippen LogP contribution in [0.2, 0.25) is 0 Å². The van der Waals surface area contributed by atoms with Crippen LogP contribution >= 0.6 is 0 Å². The van der Waals surface area contributed by atoms with E-state index in [2.05, 4.69) is 18.7 Å². The zero-order chi connectivity index (χ0) is 9.42. The van der Waals surface area contributed by atoms with Crippen molar-refractivity contribution in [1.29, 1.82) is 0 Å². The van der Waals surface area contributed by atoms with Gasteiger partial charge in [-0.15, -0.1) is 0 Å². The normalized spacial score (nSPS) is 36.0. The SMILES string of the molecule is CC(C)[C@H]1C[C@H](CN2CC(O)C2)C1. The van der Waals surface area contributed by atoms with Crippen molar-refractivity contribution in [2.45, 2.75) is 32.8 Å². The molecular formula is C11H21NO. The highest BCUT2D eigenvalue weighted by Gasteiger charge is 2.34. The fraction of sp³-hybridized carbons (Fsp3) is 1.00. The van der Waals surface area contributed by atoms with Crippen molar-refractivity contribution >= 4 is 0 Å². The third-order valence-electron chi connectivity index (χ3n) is 3.67. The van der Waals surface area contributed by atoms with Crippen LogP contribution in [0.15, 0.2) is 0 Å². The molecule has 1 aliphatic heterocycles. The molecule has 0 amide bonds. The zero-order valence-corrected chi connectivity index (χ0v) is 8.74. The summed E-state index contributed by atoms with van der Waals surface area (Å²) in [5.41, 5.74) is 0. The Morgan fingerprint density at radius 3 is 2.38 bits per heavy atom. The third-order valence-corrected chi connectivity index (χ3v) is 3.67. The molecule has 2 nitrogen and oxygen atoms in total. The summed E-state index contributed by atoms with van der Waals surface area (Å²) in [7, 11) is 0. The molecule has 2 aliphatic rings. The van der Waals surface area contributed by atoms with Gasteiger partial charge >= 0.3 is 0 Å². The van der Waals surface area contributed by atoms with E-state index in [1.807, 2.05) is 0 Å². The number of aliphatic hydroxyl groups is 1. The molecule has 76 valence electrons. The summed E-state index contributed by atoms with van der Waals surface area (Å²) in [4.78, 5) is 2.38. The first-order valence-electron chi connectivity index (χ1n) is 5.55. The van der Waals surface area contributed by atoms with E-state index in [9.17, 15) is 0 Å². The average molecular weight is 183 g/mol. The minimum atomic E-state index is -0.0269. The van der Waals surface area contributed by atoms with Crippen LogP contribution in [0.25, 0.3) is 0 Å². The van der Waals surface area contributed by atoms with Crippen LogP contribution in [-0.4, -0.2) is 35.7 Å². The predicted octanol–water partition coefficient (Wildman–Crippen LogP) is 1.35. The molecule has 1 N–H and O–H groups in total. The number of rotatable bonds is 3. The number of nitrogens with zero attached hydrogens (tertiary/aromatic N) is 1. The van der Waals surface area contributed by atoms with Crippen molar-refractivity contribution in [3.63, 3.8) is 0 Å². The topological polar surface area (TPSA) is 23.5 Å². The Kier molecular flexibility index (Phi) is 2.61. The van der Waals surface area contributed by atoms with Gasteiger partial charge in [0.25, 0.3) is 0 Å². The second kappa shape index (κ2) is 3.58. The first-order valence-corrected chi connectivity index (χ1v) is 5.55. The van der Waals surface area contributed by atoms with Gasteiger partial charge in [-0.3, -0.25) is 4.90 Å². The van der Waals surface area contributed by atoms with Gasteiger partial charge in [0, 0.05) is 19.6 Å². The average Bonchev–Trinajstić information content (AvgIpc) is 1.90. The number of aliphatic hydroxyl groups excluding tert-OH is 1. The molecule has 1 heterocycles. The van der Waals surface area contributed by atoms with Crippen LogP contribution in [0.1, 0.15) is 26.7 Å². The molecule has 2 heteroatoms. The lowest BCUT2D eigenvalue weighted by Gasteiger charge is -2.44. The van der Waals surface area contributed by atoms with E-state index in [1.165, 1.54) is 19.4 Å². The molecule has 0 radical (unpaired) electrons. The van der Waals surface area contributed by atoms with Crippen LogP contribution in [0.5, 0.6) is 0 Å². The van der Waals surface area contributed by atoms with E-state index in [0.717, 1.165) is 30.8 Å². The van der Waals surface area contributed by atoms with E-state index >= 15 is 0 Å². The number of hydrogen-bond donors (Lipinski definition) is 1. The summed E-state index contributed by atoms with van der Waals surface area (Å²) < 4.78 is 0. The Labute approximate surface area is 80.9 Å². The molecule has 0 bridgehead atoms. The molecule has 0 aromatic rings. The lowest BCUT2D eigenvalue weighted by atomic mass is 9.69. The molecule has 0 unspecified atom stereocenters. The van der Waals surface area contributed by atoms with Crippen molar-refractivity contribution < 1.29 is 5.11 Å². The van der Waals surface area contributed by atoms with E-state index in [0.29, 0.717) is 0 Å². The smallest absolute Gasteiger partial charge is 0.0793 e. The van der Waals surface area contributed by atoms with Gasteiger partial charge in [-0.2, -0.15) is 0 Å². The van der Waals surface area contributed by atoms with Crippen molar-refractivity contribution in [1.82, 2.24) is 4.90 Å². The Balaban J connectivity index is 1.59. The summed E-state index contributed by atoms with van der Waals surface area (Å²) in [6.45, 7) is 7.73. The maximum absolute atomic E-state index is 9.12. The number of hydrogen-bond acceptors (Lipinski definition) is 2. The van der Waals surface area contributed by atoms with Gasteiger partial charge in [0.1, 0.15) is 0 Å². The van der Waals surface area contributed by atoms with Gasteiger partial charge in [-0.1, -0.05) is 13.8 Å². The van der Waals surface area contributed by atoms with Gasteiger partial charge in [0.2, 0.25) is 0 Å². The standard InChI is InChI=1S/C11H21NO/c1-8(2)10-3-9(4-10)5-12-6-11(13)7-12/h8-11,13H,3-7H2,1-2H3/t9-,10-. The van der Waals surface area contributed by atoms with Crippen LogP contribution in [0, 0.1) is 17.8 Å². The van der Waals surface area contributed by atoms with E-state index in [1.54, 1.807) is 0 Å². The second-order valence-electron chi connectivity index (χ2n) is 5.21. The van der Waals surface area contributed by atoms with Gasteiger partial charge in [-0.25, -0.2) is 0 Å². The Morgan fingerprint density at radius 2 is 1.92 bits per heavy atom. The van der Waals surface area contributed by atoms with Crippen molar-refractivity contribution in [2.24, 2.45) is 17.8 Å². The third kappa shape index (κ3) is 2.05. The van der Waals surface area contributed by atoms with Crippen LogP contribution < -0.4 is 0 Å². The predicted molar refractivity (Wildman–Crippen MR) is 53.5 cm³/mol. The molecule has 2 fully saturated rings. The maximum Gasteiger partial charge on any atom is 0.0793 e. The van der Waals surface area contributed by atoms with Gasteiger partial charge < -0.3 is 5.11 Å². The largest absolute Gasteiger partial charge is 0.390 e. The van der Waals surface area contributed by atoms with E-state index in [-0.39, 0.29) is 6.10 Å². The molecule has 0 atom stereocenters. The first kappa shape index (κ1) is 9.47. The highest BCUT2D eigenvalue weighted by Crippen LogP contribution is 2.39. The maximum atomic E-state index is 9.12. The van der Waals surface area contributed by atoms with Gasteiger partial charge in [0.05, 0.1) is 6.10 Å². The van der Waals surface area contributed by atoms with Crippen LogP contribution in [-0.2, 0) is 0 Å². The fourth-order valence-corrected chi connectivity index (χ4v) is 2.54. The number of β-amino-alcohol motifs (C(OH)–C–C–N with tert-alkyl or cyclic N) is 1. The highest BCUT2D eigenvalue weighted by molar-refractivity contribution is 4.87. The molecule has 0 spiro atoms. The van der Waals surface area contributed by atoms with Crippen LogP contribution in [0.3, 0.4) is 0 Å². The van der Waals surface area contributed by atoms with Gasteiger partial charge in [0.15, 0.2) is 0 Å². The van der Waals surface area contributed by atoms with Crippen molar-refractivity contribution in [3.05, 3.63) is 0 Å². The second-order valence-corrected chi connectivity index (χ2v) is 5.21. The lowest BCUT2D eigenvalue weighted by molar-refractivity contribution is -0.0237. The van der Waals surface area contributed by atoms with Crippen LogP contribution in [0.4, 0.5) is 0 Å². The monoisotopic (exact) mass is 183 g/mol. The Bertz CT molecular complexity index is 169. The molecule has 2 rings (SSSR count). The van der Waals surface area contributed by atoms with Gasteiger partial charge in [-0.05, 0) is 30.6 Å². The minimum Gasteiger partial charge on any atom is -0.390 e. The van der Waals surface area contributed by atoms with E-state index < -0.39 is 0 Å². The Morgan fingerprint density at radius 1 is 1.31 bits per heavy atom. The quantitative estimate of drug-likeness (QED) is 0.714. The molecule has 0 aromatic heterocycles.